The monoisotopic (exact) mass is 387 g/mol. The highest BCUT2D eigenvalue weighted by Gasteiger charge is 2.42. The van der Waals surface area contributed by atoms with Crippen LogP contribution in [0.25, 0.3) is 0 Å². The highest BCUT2D eigenvalue weighted by molar-refractivity contribution is 5.83. The molecule has 3 heterocycles. The van der Waals surface area contributed by atoms with Crippen LogP contribution in [-0.4, -0.2) is 67.8 Å². The molecule has 0 aromatic heterocycles. The van der Waals surface area contributed by atoms with Crippen LogP contribution in [0.2, 0.25) is 0 Å². The number of ether oxygens (including phenoxy) is 1. The van der Waals surface area contributed by atoms with Gasteiger partial charge in [0.1, 0.15) is 6.04 Å². The first kappa shape index (κ1) is 19.8. The van der Waals surface area contributed by atoms with Gasteiger partial charge in [0.15, 0.2) is 0 Å². The summed E-state index contributed by atoms with van der Waals surface area (Å²) in [7, 11) is 0. The molecule has 5 atom stereocenters. The topological polar surface area (TPSA) is 77.7 Å². The molecule has 3 aliphatic heterocycles. The number of carbonyl (C=O) groups excluding carboxylic acids is 1. The van der Waals surface area contributed by atoms with E-state index in [-0.39, 0.29) is 24.1 Å². The van der Waals surface area contributed by atoms with Gasteiger partial charge in [-0.15, -0.1) is 0 Å². The summed E-state index contributed by atoms with van der Waals surface area (Å²) in [5.41, 5.74) is 7.84. The van der Waals surface area contributed by atoms with Crippen LogP contribution in [-0.2, 0) is 16.1 Å². The maximum atomic E-state index is 13.0. The van der Waals surface area contributed by atoms with Crippen LogP contribution in [0, 0.1) is 5.92 Å². The van der Waals surface area contributed by atoms with Crippen LogP contribution in [0.4, 0.5) is 0 Å². The summed E-state index contributed by atoms with van der Waals surface area (Å²) >= 11 is 0. The molecule has 7 heteroatoms. The third-order valence-electron chi connectivity index (χ3n) is 6.31. The Morgan fingerprint density at radius 2 is 2.18 bits per heavy atom. The van der Waals surface area contributed by atoms with Gasteiger partial charge >= 0.3 is 0 Å². The number of hydrogen-bond donors (Lipinski definition) is 4. The summed E-state index contributed by atoms with van der Waals surface area (Å²) in [5.74, 6) is 0.382. The van der Waals surface area contributed by atoms with Crippen molar-refractivity contribution in [2.24, 2.45) is 5.92 Å². The van der Waals surface area contributed by atoms with Gasteiger partial charge < -0.3 is 15.4 Å². The van der Waals surface area contributed by atoms with Gasteiger partial charge in [0, 0.05) is 38.1 Å². The summed E-state index contributed by atoms with van der Waals surface area (Å²) < 4.78 is 6.06. The first-order valence-corrected chi connectivity index (χ1v) is 10.6. The lowest BCUT2D eigenvalue weighted by Crippen LogP contribution is -2.57. The Kier molecular flexibility index (Phi) is 6.59. The van der Waals surface area contributed by atoms with Crippen LogP contribution >= 0.6 is 0 Å². The minimum absolute atomic E-state index is 0.0288. The van der Waals surface area contributed by atoms with E-state index in [2.05, 4.69) is 57.6 Å². The number of nitrogens with zero attached hydrogens (tertiary/aromatic N) is 1. The number of nitrogens with one attached hydrogen (secondary N) is 4. The lowest BCUT2D eigenvalue weighted by molar-refractivity contribution is -0.127. The molecule has 3 fully saturated rings. The average molecular weight is 388 g/mol. The van der Waals surface area contributed by atoms with E-state index in [0.29, 0.717) is 18.6 Å². The number of hydrazine groups is 1. The Labute approximate surface area is 167 Å². The Balaban J connectivity index is 1.33. The molecular formula is C21H33N5O2. The molecule has 7 nitrogen and oxygen atoms in total. The van der Waals surface area contributed by atoms with Gasteiger partial charge in [-0.05, 0) is 24.9 Å². The van der Waals surface area contributed by atoms with Crippen molar-refractivity contribution in [1.29, 1.82) is 0 Å². The van der Waals surface area contributed by atoms with Gasteiger partial charge in [-0.25, -0.2) is 5.43 Å². The first-order chi connectivity index (χ1) is 13.7. The van der Waals surface area contributed by atoms with Crippen molar-refractivity contribution in [3.8, 4) is 0 Å². The number of morpholine rings is 1. The maximum Gasteiger partial charge on any atom is 0.239 e. The summed E-state index contributed by atoms with van der Waals surface area (Å²) in [6, 6.07) is 10.8. The first-order valence-electron chi connectivity index (χ1n) is 10.6. The second-order valence-electron chi connectivity index (χ2n) is 8.18. The van der Waals surface area contributed by atoms with Crippen molar-refractivity contribution < 1.29 is 9.53 Å². The molecule has 0 aliphatic carbocycles. The van der Waals surface area contributed by atoms with E-state index >= 15 is 0 Å². The minimum Gasteiger partial charge on any atom is -0.373 e. The molecule has 28 heavy (non-hydrogen) atoms. The molecule has 4 N–H and O–H groups in total. The fourth-order valence-corrected chi connectivity index (χ4v) is 4.67. The number of carbonyl (C=O) groups is 1. The van der Waals surface area contributed by atoms with Crippen molar-refractivity contribution in [3.05, 3.63) is 35.9 Å². The lowest BCUT2D eigenvalue weighted by Gasteiger charge is -2.37. The highest BCUT2D eigenvalue weighted by atomic mass is 16.5. The molecule has 0 saturated carbocycles. The zero-order valence-electron chi connectivity index (χ0n) is 16.7. The highest BCUT2D eigenvalue weighted by Crippen LogP contribution is 2.21. The maximum absolute atomic E-state index is 13.0. The van der Waals surface area contributed by atoms with Crippen molar-refractivity contribution in [2.45, 2.75) is 50.5 Å². The Hall–Kier alpha value is -1.51. The molecule has 5 unspecified atom stereocenters. The van der Waals surface area contributed by atoms with Crippen LogP contribution in [0.5, 0.6) is 0 Å². The Morgan fingerprint density at radius 1 is 1.32 bits per heavy atom. The van der Waals surface area contributed by atoms with Gasteiger partial charge in [-0.2, -0.15) is 0 Å². The van der Waals surface area contributed by atoms with E-state index < -0.39 is 0 Å². The third kappa shape index (κ3) is 4.55. The second-order valence-corrected chi connectivity index (χ2v) is 8.18. The van der Waals surface area contributed by atoms with Crippen LogP contribution in [0.3, 0.4) is 0 Å². The van der Waals surface area contributed by atoms with Gasteiger partial charge in [0.05, 0.1) is 18.8 Å². The smallest absolute Gasteiger partial charge is 0.239 e. The largest absolute Gasteiger partial charge is 0.373 e. The van der Waals surface area contributed by atoms with E-state index in [1.807, 2.05) is 6.07 Å². The predicted molar refractivity (Wildman–Crippen MR) is 109 cm³/mol. The Morgan fingerprint density at radius 3 is 3.00 bits per heavy atom. The zero-order chi connectivity index (χ0) is 19.3. The zero-order valence-corrected chi connectivity index (χ0v) is 16.7. The molecule has 3 saturated heterocycles. The van der Waals surface area contributed by atoms with Gasteiger partial charge in [0.25, 0.3) is 0 Å². The van der Waals surface area contributed by atoms with Gasteiger partial charge in [-0.3, -0.25) is 15.1 Å². The van der Waals surface area contributed by atoms with E-state index in [1.54, 1.807) is 0 Å². The van der Waals surface area contributed by atoms with E-state index in [1.165, 1.54) is 5.56 Å². The number of hydrogen-bond acceptors (Lipinski definition) is 6. The van der Waals surface area contributed by atoms with Gasteiger partial charge in [0.2, 0.25) is 5.91 Å². The third-order valence-corrected chi connectivity index (χ3v) is 6.31. The van der Waals surface area contributed by atoms with E-state index in [9.17, 15) is 4.79 Å². The van der Waals surface area contributed by atoms with Crippen LogP contribution in [0.15, 0.2) is 30.3 Å². The minimum atomic E-state index is -0.184. The van der Waals surface area contributed by atoms with Gasteiger partial charge in [-0.1, -0.05) is 37.3 Å². The number of amides is 1. The summed E-state index contributed by atoms with van der Waals surface area (Å²) in [4.78, 5) is 15.4. The van der Waals surface area contributed by atoms with Crippen molar-refractivity contribution >= 4 is 5.91 Å². The normalized spacial score (nSPS) is 31.9. The van der Waals surface area contributed by atoms with Crippen LogP contribution < -0.4 is 21.5 Å². The molecular weight excluding hydrogens is 354 g/mol. The second kappa shape index (κ2) is 9.33. The molecule has 1 aromatic carbocycles. The number of fused-ring (bicyclic) bond motifs is 1. The molecule has 0 spiro atoms. The number of piperidine rings is 1. The predicted octanol–water partition coefficient (Wildman–Crippen LogP) is 0.237. The molecule has 1 aromatic rings. The van der Waals surface area contributed by atoms with Crippen molar-refractivity contribution in [2.75, 3.05) is 32.8 Å². The van der Waals surface area contributed by atoms with E-state index in [4.69, 9.17) is 4.74 Å². The van der Waals surface area contributed by atoms with Crippen molar-refractivity contribution in [1.82, 2.24) is 26.4 Å². The number of rotatable bonds is 6. The van der Waals surface area contributed by atoms with Crippen molar-refractivity contribution in [3.63, 3.8) is 0 Å². The average Bonchev–Trinajstić information content (AvgIpc) is 3.17. The summed E-state index contributed by atoms with van der Waals surface area (Å²) in [6.45, 7) is 7.42. The molecule has 0 bridgehead atoms. The molecule has 0 radical (unpaired) electrons. The molecule has 4 rings (SSSR count). The number of benzene rings is 1. The summed E-state index contributed by atoms with van der Waals surface area (Å²) in [6.07, 6.45) is 1.95. The van der Waals surface area contributed by atoms with Crippen LogP contribution in [0.1, 0.15) is 25.3 Å². The summed E-state index contributed by atoms with van der Waals surface area (Å²) in [5, 5.41) is 6.68. The molecule has 3 aliphatic rings. The lowest BCUT2D eigenvalue weighted by atomic mass is 9.89. The fourth-order valence-electron chi connectivity index (χ4n) is 4.67. The quantitative estimate of drug-likeness (QED) is 0.560. The molecule has 1 amide bonds. The Bertz CT molecular complexity index is 643. The molecule has 154 valence electrons. The standard InChI is InChI=1S/C21H33N5O2/c1-2-17(23-21(27)20-16-12-22-9-8-18(16)24-25-20)19-14-26(10-11-28-19)13-15-6-4-3-5-7-15/h3-7,16-20,22,24-25H,2,8-14H2,1H3,(H,23,27). The fraction of sp³-hybridized carbons (Fsp3) is 0.667. The van der Waals surface area contributed by atoms with E-state index in [0.717, 1.165) is 45.6 Å². The SMILES string of the molecule is CCC(NC(=O)C1NNC2CCNCC21)C1CN(Cc2ccccc2)CCO1.